The fourth-order valence-electron chi connectivity index (χ4n) is 8.48. The number of nitrogens with one attached hydrogen (secondary N) is 8. The standard InChI is InChI=1S/C50H93N11O10/c1-9-11-12-13-14-16-34(62)29-43(64)55-36(17-21-51)47(68)59-39-20-24-54-45(66)41(27-32(7)8)61-46(67)35(15-10-2)57-48(69)37(18-22-52)56-44(65)33(25-30(3)4)28-42(63)40(26-31(5)6)60-49(70)38(19-23-53)58-50(39)71/h30-41,62H,9-29,51-53H2,1-8H3,(H,54,66)(H,55,64)(H,56,65)(H,57,69)(H,58,71)(H,59,68)(H,60,70)(H,61,67)/t33-,34-,35+,36-,37+,38+,39+,40-,41+/m1/s1. The van der Waals surface area contributed by atoms with Crippen LogP contribution < -0.4 is 59.7 Å². The average Bonchev–Trinajstić information content (AvgIpc) is 3.28. The Balaban J connectivity index is 3.80. The summed E-state index contributed by atoms with van der Waals surface area (Å²) < 4.78 is 0. The van der Waals surface area contributed by atoms with E-state index in [0.717, 1.165) is 32.1 Å². The molecule has 15 N–H and O–H groups in total. The quantitative estimate of drug-likeness (QED) is 0.0558. The van der Waals surface area contributed by atoms with E-state index in [4.69, 9.17) is 17.2 Å². The smallest absolute Gasteiger partial charge is 0.243 e. The van der Waals surface area contributed by atoms with Crippen molar-refractivity contribution in [1.29, 1.82) is 0 Å². The first-order valence-electron chi connectivity index (χ1n) is 26.3. The van der Waals surface area contributed by atoms with Crippen molar-refractivity contribution in [2.24, 2.45) is 40.9 Å². The SMILES string of the molecule is CCCCCCC[C@@H](O)CC(=O)N[C@H](CCN)C(=O)N[C@H]1CCNC(=O)[C@H](CC(C)C)NC(=O)[C@H](CCC)NC(=O)[C@H](CCN)NC(=O)[C@H](CC(C)C)CC(=O)[C@@H](CC(C)C)NC(=O)[C@H](CCN)NC1=O. The third-order valence-electron chi connectivity index (χ3n) is 12.2. The van der Waals surface area contributed by atoms with Crippen LogP contribution in [0.3, 0.4) is 0 Å². The number of hydrogen-bond donors (Lipinski definition) is 12. The maximum Gasteiger partial charge on any atom is 0.243 e. The molecule has 0 aromatic heterocycles. The minimum Gasteiger partial charge on any atom is -0.393 e. The molecule has 0 spiro atoms. The Morgan fingerprint density at radius 2 is 1.10 bits per heavy atom. The molecule has 0 saturated carbocycles. The highest BCUT2D eigenvalue weighted by atomic mass is 16.3. The minimum absolute atomic E-state index is 0.0101. The van der Waals surface area contributed by atoms with Gasteiger partial charge in [0, 0.05) is 18.9 Å². The van der Waals surface area contributed by atoms with E-state index < -0.39 is 107 Å². The van der Waals surface area contributed by atoms with Gasteiger partial charge in [-0.05, 0) is 95.2 Å². The summed E-state index contributed by atoms with van der Waals surface area (Å²) in [6.07, 6.45) is 4.73. The Hall–Kier alpha value is -4.73. The predicted molar refractivity (Wildman–Crippen MR) is 273 cm³/mol. The van der Waals surface area contributed by atoms with Crippen molar-refractivity contribution >= 4 is 53.0 Å². The summed E-state index contributed by atoms with van der Waals surface area (Å²) in [6, 6.07) is -8.40. The van der Waals surface area contributed by atoms with E-state index in [0.29, 0.717) is 12.8 Å². The molecular formula is C50H93N11O10. The molecule has 0 bridgehead atoms. The van der Waals surface area contributed by atoms with Gasteiger partial charge in [0.05, 0.1) is 18.6 Å². The number of aliphatic hydroxyl groups excluding tert-OH is 1. The van der Waals surface area contributed by atoms with E-state index in [9.17, 15) is 48.3 Å². The predicted octanol–water partition coefficient (Wildman–Crippen LogP) is 0.572. The van der Waals surface area contributed by atoms with E-state index >= 15 is 0 Å². The van der Waals surface area contributed by atoms with Gasteiger partial charge in [0.2, 0.25) is 47.3 Å². The Kier molecular flexibility index (Phi) is 32.1. The fourth-order valence-corrected chi connectivity index (χ4v) is 8.48. The molecule has 1 heterocycles. The number of Topliss-reactive ketones (excluding diaryl/α,β-unsaturated/α-hetero) is 1. The molecular weight excluding hydrogens is 915 g/mol. The largest absolute Gasteiger partial charge is 0.393 e. The number of ketones is 1. The van der Waals surface area contributed by atoms with Crippen LogP contribution in [-0.4, -0.2) is 133 Å². The lowest BCUT2D eigenvalue weighted by Crippen LogP contribution is -2.59. The molecule has 0 unspecified atom stereocenters. The van der Waals surface area contributed by atoms with Gasteiger partial charge in [0.15, 0.2) is 5.78 Å². The number of hydrogen-bond acceptors (Lipinski definition) is 13. The summed E-state index contributed by atoms with van der Waals surface area (Å²) in [6.45, 7) is 14.8. The maximum absolute atomic E-state index is 14.3. The number of aliphatic hydroxyl groups is 1. The Morgan fingerprint density at radius 1 is 0.592 bits per heavy atom. The normalized spacial score (nSPS) is 23.8. The molecule has 71 heavy (non-hydrogen) atoms. The summed E-state index contributed by atoms with van der Waals surface area (Å²) in [5, 5.41) is 32.3. The van der Waals surface area contributed by atoms with Crippen molar-refractivity contribution in [2.45, 2.75) is 213 Å². The molecule has 21 nitrogen and oxygen atoms in total. The molecule has 1 rings (SSSR count). The molecule has 408 valence electrons. The number of nitrogens with two attached hydrogens (primary N) is 3. The van der Waals surface area contributed by atoms with Crippen LogP contribution in [0.15, 0.2) is 0 Å². The molecule has 0 aromatic rings. The molecule has 0 radical (unpaired) electrons. The van der Waals surface area contributed by atoms with Crippen molar-refractivity contribution < 1.29 is 48.3 Å². The average molecular weight is 1010 g/mol. The van der Waals surface area contributed by atoms with Crippen molar-refractivity contribution in [3.63, 3.8) is 0 Å². The molecule has 9 atom stereocenters. The summed E-state index contributed by atoms with van der Waals surface area (Å²) in [5.41, 5.74) is 17.7. The van der Waals surface area contributed by atoms with Crippen LogP contribution in [0.2, 0.25) is 0 Å². The summed E-state index contributed by atoms with van der Waals surface area (Å²) >= 11 is 0. The van der Waals surface area contributed by atoms with Crippen LogP contribution in [0.5, 0.6) is 0 Å². The number of carbonyl (C=O) groups excluding carboxylic acids is 9. The Morgan fingerprint density at radius 3 is 1.63 bits per heavy atom. The van der Waals surface area contributed by atoms with Crippen molar-refractivity contribution in [1.82, 2.24) is 42.5 Å². The van der Waals surface area contributed by atoms with E-state index in [-0.39, 0.29) is 108 Å². The van der Waals surface area contributed by atoms with Crippen LogP contribution in [-0.2, 0) is 43.2 Å². The second kappa shape index (κ2) is 35.4. The highest BCUT2D eigenvalue weighted by molar-refractivity contribution is 5.98. The molecule has 1 saturated heterocycles. The maximum atomic E-state index is 14.3. The molecule has 21 heteroatoms. The molecule has 0 aromatic carbocycles. The van der Waals surface area contributed by atoms with E-state index in [1.54, 1.807) is 0 Å². The Labute approximate surface area is 422 Å². The molecule has 8 amide bonds. The van der Waals surface area contributed by atoms with E-state index in [1.165, 1.54) is 0 Å². The summed E-state index contributed by atoms with van der Waals surface area (Å²) in [7, 11) is 0. The lowest BCUT2D eigenvalue weighted by molar-refractivity contribution is -0.136. The molecule has 1 aliphatic rings. The summed E-state index contributed by atoms with van der Waals surface area (Å²) in [5.74, 6) is -7.09. The van der Waals surface area contributed by atoms with Crippen molar-refractivity contribution in [3.8, 4) is 0 Å². The topological polar surface area (TPSA) is 348 Å². The number of carbonyl (C=O) groups is 9. The fraction of sp³-hybridized carbons (Fsp3) is 0.820. The minimum atomic E-state index is -1.42. The van der Waals surface area contributed by atoms with Crippen LogP contribution in [0, 0.1) is 23.7 Å². The molecule has 0 aliphatic carbocycles. The zero-order valence-corrected chi connectivity index (χ0v) is 44.1. The van der Waals surface area contributed by atoms with Gasteiger partial charge in [0.1, 0.15) is 36.3 Å². The first-order valence-corrected chi connectivity index (χ1v) is 26.3. The molecule has 1 fully saturated rings. The lowest BCUT2D eigenvalue weighted by Gasteiger charge is -2.28. The Bertz CT molecular complexity index is 1680. The van der Waals surface area contributed by atoms with Gasteiger partial charge in [-0.1, -0.05) is 93.9 Å². The lowest BCUT2D eigenvalue weighted by atomic mass is 9.87. The van der Waals surface area contributed by atoms with Gasteiger partial charge in [-0.2, -0.15) is 0 Å². The van der Waals surface area contributed by atoms with Crippen molar-refractivity contribution in [2.75, 3.05) is 26.2 Å². The van der Waals surface area contributed by atoms with Gasteiger partial charge in [-0.15, -0.1) is 0 Å². The van der Waals surface area contributed by atoms with E-state index in [1.807, 2.05) is 48.5 Å². The number of amides is 8. The highest BCUT2D eigenvalue weighted by Crippen LogP contribution is 2.20. The third kappa shape index (κ3) is 26.0. The second-order valence-corrected chi connectivity index (χ2v) is 20.4. The monoisotopic (exact) mass is 1010 g/mol. The van der Waals surface area contributed by atoms with Crippen LogP contribution in [0.1, 0.15) is 165 Å². The summed E-state index contributed by atoms with van der Waals surface area (Å²) in [4.78, 5) is 125. The van der Waals surface area contributed by atoms with Crippen molar-refractivity contribution in [3.05, 3.63) is 0 Å². The van der Waals surface area contributed by atoms with Crippen LogP contribution in [0.25, 0.3) is 0 Å². The van der Waals surface area contributed by atoms with Crippen LogP contribution in [0.4, 0.5) is 0 Å². The zero-order valence-electron chi connectivity index (χ0n) is 44.1. The number of unbranched alkanes of at least 4 members (excludes halogenated alkanes) is 4. The van der Waals surface area contributed by atoms with E-state index in [2.05, 4.69) is 49.5 Å². The van der Waals surface area contributed by atoms with Gasteiger partial charge < -0.3 is 64.8 Å². The second-order valence-electron chi connectivity index (χ2n) is 20.4. The molecule has 1 aliphatic heterocycles. The van der Waals surface area contributed by atoms with Gasteiger partial charge in [-0.25, -0.2) is 0 Å². The van der Waals surface area contributed by atoms with Gasteiger partial charge in [0.25, 0.3) is 0 Å². The van der Waals surface area contributed by atoms with Gasteiger partial charge in [-0.3, -0.25) is 43.2 Å². The third-order valence-corrected chi connectivity index (χ3v) is 12.2. The number of rotatable bonds is 25. The first-order chi connectivity index (χ1) is 33.6. The first kappa shape index (κ1) is 64.3. The zero-order chi connectivity index (χ0) is 53.6. The van der Waals surface area contributed by atoms with Gasteiger partial charge >= 0.3 is 0 Å². The van der Waals surface area contributed by atoms with Crippen LogP contribution >= 0.6 is 0 Å². The highest BCUT2D eigenvalue weighted by Gasteiger charge is 2.36.